The topological polar surface area (TPSA) is 47.6 Å². The lowest BCUT2D eigenvalue weighted by Gasteiger charge is -2.08. The molecule has 1 N–H and O–H groups in total. The van der Waals surface area contributed by atoms with E-state index in [1.807, 2.05) is 12.1 Å². The molecule has 1 aromatic rings. The van der Waals surface area contributed by atoms with Gasteiger partial charge in [0.2, 0.25) is 0 Å². The minimum absolute atomic E-state index is 0.655. The van der Waals surface area contributed by atoms with Crippen LogP contribution in [0.4, 0.5) is 0 Å². The summed E-state index contributed by atoms with van der Waals surface area (Å²) in [7, 11) is 0. The third kappa shape index (κ3) is 2.58. The van der Waals surface area contributed by atoms with Crippen molar-refractivity contribution in [2.75, 3.05) is 0 Å². The van der Waals surface area contributed by atoms with Crippen molar-refractivity contribution < 1.29 is 0 Å². The van der Waals surface area contributed by atoms with Gasteiger partial charge in [-0.15, -0.1) is 0 Å². The Bertz CT molecular complexity index is 427. The molecule has 0 radical (unpaired) electrons. The van der Waals surface area contributed by atoms with Crippen molar-refractivity contribution in [1.29, 1.82) is 10.7 Å². The number of nitriles is 1. The molecule has 2 nitrogen and oxygen atoms in total. The van der Waals surface area contributed by atoms with Crippen molar-refractivity contribution in [2.24, 2.45) is 0 Å². The van der Waals surface area contributed by atoms with Crippen LogP contribution in [0.15, 0.2) is 29.8 Å². The molecule has 0 amide bonds. The van der Waals surface area contributed by atoms with E-state index in [1.54, 1.807) is 12.1 Å². The maximum absolute atomic E-state index is 8.72. The number of allylic oxidation sites excluding steroid dienone is 2. The summed E-state index contributed by atoms with van der Waals surface area (Å²) in [5, 5.41) is 16.2. The molecule has 0 spiro atoms. The first-order chi connectivity index (χ1) is 7.76. The highest BCUT2D eigenvalue weighted by atomic mass is 14.3. The Hall–Kier alpha value is -1.88. The molecule has 0 saturated carbocycles. The normalized spacial score (nSPS) is 9.31. The van der Waals surface area contributed by atoms with Crippen molar-refractivity contribution >= 4 is 11.8 Å². The zero-order valence-electron chi connectivity index (χ0n) is 9.75. The monoisotopic (exact) mass is 212 g/mol. The highest BCUT2D eigenvalue weighted by Gasteiger charge is 2.04. The molecule has 0 aliphatic carbocycles. The van der Waals surface area contributed by atoms with Gasteiger partial charge < -0.3 is 5.41 Å². The number of hydrogen-bond donors (Lipinski definition) is 1. The van der Waals surface area contributed by atoms with Crippen LogP contribution in [0.2, 0.25) is 0 Å². The molecule has 0 aliphatic heterocycles. The molecule has 82 valence electrons. The predicted molar refractivity (Wildman–Crippen MR) is 67.4 cm³/mol. The van der Waals surface area contributed by atoms with Crippen LogP contribution >= 0.6 is 0 Å². The van der Waals surface area contributed by atoms with E-state index in [-0.39, 0.29) is 0 Å². The summed E-state index contributed by atoms with van der Waals surface area (Å²) in [6.45, 7) is 4.21. The first kappa shape index (κ1) is 12.2. The van der Waals surface area contributed by atoms with Gasteiger partial charge in [0.25, 0.3) is 0 Å². The van der Waals surface area contributed by atoms with E-state index in [4.69, 9.17) is 10.7 Å². The van der Waals surface area contributed by atoms with Gasteiger partial charge in [0, 0.05) is 6.21 Å². The van der Waals surface area contributed by atoms with Gasteiger partial charge in [-0.1, -0.05) is 31.6 Å². The van der Waals surface area contributed by atoms with Crippen LogP contribution in [0.1, 0.15) is 37.8 Å². The fraction of sp³-hybridized carbons (Fsp3) is 0.286. The van der Waals surface area contributed by atoms with Crippen molar-refractivity contribution in [1.82, 2.24) is 0 Å². The lowest BCUT2D eigenvalue weighted by Crippen LogP contribution is -1.92. The second-order valence-electron chi connectivity index (χ2n) is 3.56. The zero-order valence-corrected chi connectivity index (χ0v) is 9.75. The summed E-state index contributed by atoms with van der Waals surface area (Å²) in [4.78, 5) is 0. The van der Waals surface area contributed by atoms with Crippen molar-refractivity contribution in [2.45, 2.75) is 26.7 Å². The standard InChI is InChI=1S/C14H16N2/c1-3-12(4-2)14(10-16)13-7-5-11(9-15)6-8-13/h5-8,10,16H,3-4H2,1-2H3. The lowest BCUT2D eigenvalue weighted by molar-refractivity contribution is 0.986. The van der Waals surface area contributed by atoms with Crippen molar-refractivity contribution in [3.63, 3.8) is 0 Å². The Kier molecular flexibility index (Phi) is 4.47. The van der Waals surface area contributed by atoms with Crippen LogP contribution in [0, 0.1) is 16.7 Å². The Labute approximate surface area is 96.7 Å². The van der Waals surface area contributed by atoms with Gasteiger partial charge in [-0.3, -0.25) is 0 Å². The van der Waals surface area contributed by atoms with E-state index in [9.17, 15) is 0 Å². The van der Waals surface area contributed by atoms with Crippen LogP contribution in [0.5, 0.6) is 0 Å². The second-order valence-corrected chi connectivity index (χ2v) is 3.56. The summed E-state index contributed by atoms with van der Waals surface area (Å²) in [6, 6.07) is 9.50. The molecule has 16 heavy (non-hydrogen) atoms. The van der Waals surface area contributed by atoms with E-state index in [0.29, 0.717) is 5.56 Å². The van der Waals surface area contributed by atoms with Crippen LogP contribution in [0.25, 0.3) is 5.57 Å². The number of nitrogens with one attached hydrogen (secondary N) is 1. The highest BCUT2D eigenvalue weighted by molar-refractivity contribution is 6.09. The third-order valence-electron chi connectivity index (χ3n) is 2.70. The average Bonchev–Trinajstić information content (AvgIpc) is 2.36. The van der Waals surface area contributed by atoms with Gasteiger partial charge in [-0.2, -0.15) is 5.26 Å². The van der Waals surface area contributed by atoms with E-state index in [1.165, 1.54) is 11.8 Å². The summed E-state index contributed by atoms with van der Waals surface area (Å²) < 4.78 is 0. The molecular weight excluding hydrogens is 196 g/mol. The Morgan fingerprint density at radius 2 is 1.81 bits per heavy atom. The Morgan fingerprint density at radius 1 is 1.25 bits per heavy atom. The molecule has 0 unspecified atom stereocenters. The quantitative estimate of drug-likeness (QED) is 0.758. The number of nitrogens with zero attached hydrogens (tertiary/aromatic N) is 1. The first-order valence-electron chi connectivity index (χ1n) is 5.49. The molecule has 0 fully saturated rings. The predicted octanol–water partition coefficient (Wildman–Crippen LogP) is 3.78. The minimum Gasteiger partial charge on any atom is -0.308 e. The molecule has 2 heteroatoms. The molecule has 0 heterocycles. The fourth-order valence-electron chi connectivity index (χ4n) is 1.74. The SMILES string of the molecule is CCC(CC)=C(C=N)c1ccc(C#N)cc1. The average molecular weight is 212 g/mol. The Balaban J connectivity index is 3.19. The molecule has 0 aliphatic rings. The van der Waals surface area contributed by atoms with Gasteiger partial charge in [0.15, 0.2) is 0 Å². The van der Waals surface area contributed by atoms with E-state index >= 15 is 0 Å². The molecule has 0 bridgehead atoms. The van der Waals surface area contributed by atoms with Crippen LogP contribution < -0.4 is 0 Å². The summed E-state index contributed by atoms with van der Waals surface area (Å²) in [6.07, 6.45) is 3.33. The Morgan fingerprint density at radius 3 is 2.19 bits per heavy atom. The molecule has 0 aromatic heterocycles. The summed E-state index contributed by atoms with van der Waals surface area (Å²) in [5.41, 5.74) is 3.93. The van der Waals surface area contributed by atoms with Gasteiger partial charge in [-0.25, -0.2) is 0 Å². The summed E-state index contributed by atoms with van der Waals surface area (Å²) >= 11 is 0. The molecule has 0 atom stereocenters. The highest BCUT2D eigenvalue weighted by Crippen LogP contribution is 2.21. The fourth-order valence-corrected chi connectivity index (χ4v) is 1.74. The van der Waals surface area contributed by atoms with E-state index < -0.39 is 0 Å². The van der Waals surface area contributed by atoms with Crippen molar-refractivity contribution in [3.05, 3.63) is 41.0 Å². The van der Waals surface area contributed by atoms with Crippen LogP contribution in [-0.4, -0.2) is 6.21 Å². The largest absolute Gasteiger partial charge is 0.308 e. The molecule has 0 saturated heterocycles. The maximum atomic E-state index is 8.72. The number of hydrogen-bond acceptors (Lipinski definition) is 2. The number of rotatable bonds is 4. The smallest absolute Gasteiger partial charge is 0.0991 e. The van der Waals surface area contributed by atoms with Gasteiger partial charge in [0.05, 0.1) is 11.6 Å². The van der Waals surface area contributed by atoms with E-state index in [2.05, 4.69) is 19.9 Å². The maximum Gasteiger partial charge on any atom is 0.0991 e. The zero-order chi connectivity index (χ0) is 12.0. The molecule has 1 aromatic carbocycles. The van der Waals surface area contributed by atoms with E-state index in [0.717, 1.165) is 24.0 Å². The summed E-state index contributed by atoms with van der Waals surface area (Å²) in [5.74, 6) is 0. The number of benzene rings is 1. The molecule has 1 rings (SSSR count). The minimum atomic E-state index is 0.655. The van der Waals surface area contributed by atoms with Gasteiger partial charge in [0.1, 0.15) is 0 Å². The van der Waals surface area contributed by atoms with Crippen LogP contribution in [-0.2, 0) is 0 Å². The lowest BCUT2D eigenvalue weighted by atomic mass is 9.97. The van der Waals surface area contributed by atoms with Gasteiger partial charge in [-0.05, 0) is 36.1 Å². The third-order valence-corrected chi connectivity index (χ3v) is 2.70. The first-order valence-corrected chi connectivity index (χ1v) is 5.49. The van der Waals surface area contributed by atoms with Gasteiger partial charge >= 0.3 is 0 Å². The van der Waals surface area contributed by atoms with Crippen molar-refractivity contribution in [3.8, 4) is 6.07 Å². The molecular formula is C14H16N2. The van der Waals surface area contributed by atoms with Crippen LogP contribution in [0.3, 0.4) is 0 Å². The second kappa shape index (κ2) is 5.87.